The van der Waals surface area contributed by atoms with Crippen LogP contribution in [0.1, 0.15) is 49.1 Å². The molecule has 0 aliphatic rings. The van der Waals surface area contributed by atoms with Crippen molar-refractivity contribution < 1.29 is 14.6 Å². The highest BCUT2D eigenvalue weighted by molar-refractivity contribution is 7.09. The molecule has 0 saturated carbocycles. The summed E-state index contributed by atoms with van der Waals surface area (Å²) in [6, 6.07) is 0. The minimum atomic E-state index is -0.884. The van der Waals surface area contributed by atoms with Gasteiger partial charge in [-0.2, -0.15) is 0 Å². The van der Waals surface area contributed by atoms with Crippen molar-refractivity contribution in [3.05, 3.63) is 16.1 Å². The Morgan fingerprint density at radius 2 is 2.30 bits per heavy atom. The highest BCUT2D eigenvalue weighted by Crippen LogP contribution is 2.16. The molecule has 114 valence electrons. The Bertz CT molecular complexity index is 430. The second-order valence-electron chi connectivity index (χ2n) is 5.67. The van der Waals surface area contributed by atoms with Crippen molar-refractivity contribution in [2.45, 2.75) is 45.8 Å². The monoisotopic (exact) mass is 300 g/mol. The lowest BCUT2D eigenvalue weighted by atomic mass is 9.95. The molecule has 0 bridgehead atoms. The second kappa shape index (κ2) is 7.71. The zero-order valence-corrected chi connectivity index (χ0v) is 13.4. The van der Waals surface area contributed by atoms with E-state index in [1.54, 1.807) is 19.4 Å². The van der Waals surface area contributed by atoms with Crippen LogP contribution in [0.15, 0.2) is 5.38 Å². The number of hydrogen-bond acceptors (Lipinski definition) is 5. The quantitative estimate of drug-likeness (QED) is 0.772. The molecule has 1 rings (SSSR count). The first-order chi connectivity index (χ1) is 9.34. The molecule has 0 aliphatic heterocycles. The zero-order valence-electron chi connectivity index (χ0n) is 12.6. The summed E-state index contributed by atoms with van der Waals surface area (Å²) < 4.78 is 4.97. The Hall–Kier alpha value is -0.980. The average Bonchev–Trinajstić information content (AvgIpc) is 2.83. The van der Waals surface area contributed by atoms with Crippen molar-refractivity contribution in [3.63, 3.8) is 0 Å². The number of nitrogens with zero attached hydrogens (tertiary/aromatic N) is 1. The summed E-state index contributed by atoms with van der Waals surface area (Å²) in [5.41, 5.74) is -0.507. The number of thiazole rings is 1. The molecule has 1 atom stereocenters. The standard InChI is InChI=1S/C14H24N2O3S/c1-10(2)5-6-14(3,18)9-15-13(17)11-8-20-12(16-11)7-19-4/h8,10,18H,5-7,9H2,1-4H3,(H,15,17). The molecule has 1 heterocycles. The second-order valence-corrected chi connectivity index (χ2v) is 6.61. The number of rotatable bonds is 8. The van der Waals surface area contributed by atoms with Crippen LogP contribution in [0.5, 0.6) is 0 Å². The SMILES string of the molecule is COCc1nc(C(=O)NCC(C)(O)CCC(C)C)cs1. The van der Waals surface area contributed by atoms with Gasteiger partial charge in [0.05, 0.1) is 12.2 Å². The third kappa shape index (κ3) is 5.98. The van der Waals surface area contributed by atoms with Gasteiger partial charge in [0.25, 0.3) is 5.91 Å². The van der Waals surface area contributed by atoms with E-state index in [1.165, 1.54) is 11.3 Å². The normalized spacial score (nSPS) is 14.3. The first kappa shape index (κ1) is 17.1. The summed E-state index contributed by atoms with van der Waals surface area (Å²) >= 11 is 1.39. The fourth-order valence-corrected chi connectivity index (χ4v) is 2.40. The maximum atomic E-state index is 11.9. The van der Waals surface area contributed by atoms with Crippen molar-refractivity contribution in [3.8, 4) is 0 Å². The zero-order chi connectivity index (χ0) is 15.2. The van der Waals surface area contributed by atoms with Crippen molar-refractivity contribution >= 4 is 17.2 Å². The Balaban J connectivity index is 2.45. The minimum absolute atomic E-state index is 0.232. The van der Waals surface area contributed by atoms with Crippen LogP contribution in [-0.4, -0.2) is 35.3 Å². The van der Waals surface area contributed by atoms with Crippen LogP contribution in [0.2, 0.25) is 0 Å². The lowest BCUT2D eigenvalue weighted by Gasteiger charge is -2.24. The van der Waals surface area contributed by atoms with Crippen LogP contribution in [0.25, 0.3) is 0 Å². The van der Waals surface area contributed by atoms with E-state index in [9.17, 15) is 9.90 Å². The van der Waals surface area contributed by atoms with E-state index in [4.69, 9.17) is 4.74 Å². The number of carbonyl (C=O) groups excluding carboxylic acids is 1. The predicted octanol–water partition coefficient (Wildman–Crippen LogP) is 2.21. The molecule has 0 aliphatic carbocycles. The van der Waals surface area contributed by atoms with Gasteiger partial charge in [-0.1, -0.05) is 13.8 Å². The number of aliphatic hydroxyl groups is 1. The fourth-order valence-electron chi connectivity index (χ4n) is 1.65. The number of hydrogen-bond donors (Lipinski definition) is 2. The van der Waals surface area contributed by atoms with Gasteiger partial charge in [-0.3, -0.25) is 4.79 Å². The highest BCUT2D eigenvalue weighted by Gasteiger charge is 2.22. The van der Waals surface area contributed by atoms with Crippen LogP contribution in [0.4, 0.5) is 0 Å². The largest absolute Gasteiger partial charge is 0.388 e. The lowest BCUT2D eigenvalue weighted by Crippen LogP contribution is -2.40. The van der Waals surface area contributed by atoms with Crippen molar-refractivity contribution in [2.75, 3.05) is 13.7 Å². The van der Waals surface area contributed by atoms with Gasteiger partial charge in [0.15, 0.2) is 0 Å². The van der Waals surface area contributed by atoms with Crippen LogP contribution >= 0.6 is 11.3 Å². The van der Waals surface area contributed by atoms with Crippen LogP contribution in [0, 0.1) is 5.92 Å². The van der Waals surface area contributed by atoms with Gasteiger partial charge in [-0.05, 0) is 25.7 Å². The summed E-state index contributed by atoms with van der Waals surface area (Å²) in [7, 11) is 1.59. The Kier molecular flexibility index (Phi) is 6.58. The van der Waals surface area contributed by atoms with Gasteiger partial charge in [-0.15, -0.1) is 11.3 Å². The van der Waals surface area contributed by atoms with E-state index < -0.39 is 5.60 Å². The lowest BCUT2D eigenvalue weighted by molar-refractivity contribution is 0.0428. The minimum Gasteiger partial charge on any atom is -0.388 e. The number of aromatic nitrogens is 1. The number of amides is 1. The summed E-state index contributed by atoms with van der Waals surface area (Å²) in [5.74, 6) is 0.278. The molecular formula is C14H24N2O3S. The summed E-state index contributed by atoms with van der Waals surface area (Å²) in [5, 5.41) is 15.4. The van der Waals surface area contributed by atoms with Gasteiger partial charge in [0.1, 0.15) is 10.7 Å². The fraction of sp³-hybridized carbons (Fsp3) is 0.714. The molecule has 20 heavy (non-hydrogen) atoms. The third-order valence-electron chi connectivity index (χ3n) is 2.94. The summed E-state index contributed by atoms with van der Waals surface area (Å²) in [4.78, 5) is 16.1. The molecule has 1 amide bonds. The maximum absolute atomic E-state index is 11.9. The molecule has 6 heteroatoms. The molecule has 1 aromatic heterocycles. The van der Waals surface area contributed by atoms with E-state index in [0.29, 0.717) is 24.6 Å². The molecule has 0 aromatic carbocycles. The number of nitrogens with one attached hydrogen (secondary N) is 1. The molecule has 0 radical (unpaired) electrons. The van der Waals surface area contributed by atoms with Gasteiger partial charge in [0.2, 0.25) is 0 Å². The topological polar surface area (TPSA) is 71.5 Å². The van der Waals surface area contributed by atoms with Gasteiger partial charge in [0, 0.05) is 19.0 Å². The number of carbonyl (C=O) groups is 1. The molecule has 0 fully saturated rings. The maximum Gasteiger partial charge on any atom is 0.270 e. The average molecular weight is 300 g/mol. The molecule has 5 nitrogen and oxygen atoms in total. The molecule has 0 spiro atoms. The predicted molar refractivity (Wildman–Crippen MR) is 79.9 cm³/mol. The van der Waals surface area contributed by atoms with E-state index in [1.807, 2.05) is 0 Å². The van der Waals surface area contributed by atoms with Gasteiger partial charge < -0.3 is 15.2 Å². The van der Waals surface area contributed by atoms with Gasteiger partial charge >= 0.3 is 0 Å². The Morgan fingerprint density at radius 1 is 1.60 bits per heavy atom. The Labute approximate surface area is 124 Å². The van der Waals surface area contributed by atoms with E-state index >= 15 is 0 Å². The van der Waals surface area contributed by atoms with E-state index in [-0.39, 0.29) is 12.5 Å². The van der Waals surface area contributed by atoms with Crippen molar-refractivity contribution in [1.29, 1.82) is 0 Å². The van der Waals surface area contributed by atoms with E-state index in [0.717, 1.165) is 11.4 Å². The van der Waals surface area contributed by atoms with Crippen LogP contribution < -0.4 is 5.32 Å². The van der Waals surface area contributed by atoms with Gasteiger partial charge in [-0.25, -0.2) is 4.98 Å². The molecule has 0 saturated heterocycles. The molecule has 2 N–H and O–H groups in total. The van der Waals surface area contributed by atoms with Crippen LogP contribution in [0.3, 0.4) is 0 Å². The smallest absolute Gasteiger partial charge is 0.270 e. The Morgan fingerprint density at radius 3 is 2.90 bits per heavy atom. The number of methoxy groups -OCH3 is 1. The molecular weight excluding hydrogens is 276 g/mol. The summed E-state index contributed by atoms with van der Waals surface area (Å²) in [6.07, 6.45) is 1.59. The van der Waals surface area contributed by atoms with Crippen LogP contribution in [-0.2, 0) is 11.3 Å². The van der Waals surface area contributed by atoms with Crippen molar-refractivity contribution in [2.24, 2.45) is 5.92 Å². The molecule has 1 unspecified atom stereocenters. The summed E-state index contributed by atoms with van der Waals surface area (Å²) in [6.45, 7) is 6.61. The van der Waals surface area contributed by atoms with Crippen molar-refractivity contribution in [1.82, 2.24) is 10.3 Å². The third-order valence-corrected chi connectivity index (χ3v) is 3.76. The first-order valence-electron chi connectivity index (χ1n) is 6.78. The molecule has 1 aromatic rings. The van der Waals surface area contributed by atoms with E-state index in [2.05, 4.69) is 24.1 Å². The highest BCUT2D eigenvalue weighted by atomic mass is 32.1. The first-order valence-corrected chi connectivity index (χ1v) is 7.66. The number of ether oxygens (including phenoxy) is 1.